The highest BCUT2D eigenvalue weighted by molar-refractivity contribution is 5.67. The van der Waals surface area contributed by atoms with E-state index in [0.29, 0.717) is 0 Å². The van der Waals surface area contributed by atoms with E-state index in [-0.39, 0.29) is 11.4 Å². The van der Waals surface area contributed by atoms with Gasteiger partial charge in [0.25, 0.3) is 0 Å². The van der Waals surface area contributed by atoms with Crippen LogP contribution in [-0.2, 0) is 9.53 Å². The van der Waals surface area contributed by atoms with Crippen LogP contribution in [0.15, 0.2) is 11.8 Å². The van der Waals surface area contributed by atoms with Gasteiger partial charge < -0.3 is 4.74 Å². The fourth-order valence-corrected chi connectivity index (χ4v) is 1.74. The minimum atomic E-state index is -0.202. The smallest absolute Gasteiger partial charge is 0.307 e. The first-order valence-corrected chi connectivity index (χ1v) is 4.96. The Morgan fingerprint density at radius 2 is 2.38 bits per heavy atom. The summed E-state index contributed by atoms with van der Waals surface area (Å²) in [6.45, 7) is 5.85. The van der Waals surface area contributed by atoms with Crippen LogP contribution in [-0.4, -0.2) is 5.97 Å². The van der Waals surface area contributed by atoms with E-state index in [1.807, 2.05) is 0 Å². The molecule has 1 atom stereocenters. The van der Waals surface area contributed by atoms with Gasteiger partial charge in [-0.2, -0.15) is 0 Å². The maximum Gasteiger partial charge on any atom is 0.307 e. The standard InChI is InChI=1S/C11H18O2/c1-4-11(3)7-5-6-10(8-11)13-9(2)12/h8H,4-7H2,1-3H3/t11-/m1/s1. The molecule has 2 nitrogen and oxygen atoms in total. The molecule has 0 aliphatic heterocycles. The zero-order valence-electron chi connectivity index (χ0n) is 8.72. The van der Waals surface area contributed by atoms with Crippen LogP contribution in [0, 0.1) is 5.41 Å². The summed E-state index contributed by atoms with van der Waals surface area (Å²) in [6.07, 6.45) is 6.47. The molecule has 74 valence electrons. The molecule has 0 N–H and O–H groups in total. The summed E-state index contributed by atoms with van der Waals surface area (Å²) in [5, 5.41) is 0. The summed E-state index contributed by atoms with van der Waals surface area (Å²) in [6, 6.07) is 0. The molecule has 0 spiro atoms. The van der Waals surface area contributed by atoms with E-state index in [4.69, 9.17) is 4.74 Å². The van der Waals surface area contributed by atoms with Crippen LogP contribution in [0.4, 0.5) is 0 Å². The first-order valence-electron chi connectivity index (χ1n) is 4.96. The maximum absolute atomic E-state index is 10.7. The van der Waals surface area contributed by atoms with Gasteiger partial charge in [0.15, 0.2) is 0 Å². The van der Waals surface area contributed by atoms with Gasteiger partial charge in [-0.25, -0.2) is 0 Å². The monoisotopic (exact) mass is 182 g/mol. The first-order chi connectivity index (χ1) is 6.06. The average Bonchev–Trinajstić information content (AvgIpc) is 2.03. The fraction of sp³-hybridized carbons (Fsp3) is 0.727. The van der Waals surface area contributed by atoms with Crippen molar-refractivity contribution >= 4 is 5.97 Å². The number of rotatable bonds is 2. The van der Waals surface area contributed by atoms with Crippen LogP contribution in [0.25, 0.3) is 0 Å². The van der Waals surface area contributed by atoms with Gasteiger partial charge in [-0.15, -0.1) is 0 Å². The van der Waals surface area contributed by atoms with Gasteiger partial charge in [0.1, 0.15) is 5.76 Å². The molecule has 0 heterocycles. The van der Waals surface area contributed by atoms with Crippen LogP contribution < -0.4 is 0 Å². The number of carbonyl (C=O) groups excluding carboxylic acids is 1. The number of hydrogen-bond donors (Lipinski definition) is 0. The van der Waals surface area contributed by atoms with Crippen LogP contribution in [0.5, 0.6) is 0 Å². The van der Waals surface area contributed by atoms with Crippen molar-refractivity contribution in [3.63, 3.8) is 0 Å². The molecule has 0 aromatic rings. The molecule has 0 aromatic carbocycles. The van der Waals surface area contributed by atoms with E-state index in [1.54, 1.807) is 0 Å². The number of allylic oxidation sites excluding steroid dienone is 2. The van der Waals surface area contributed by atoms with Gasteiger partial charge in [-0.1, -0.05) is 13.8 Å². The molecule has 1 aliphatic rings. The quantitative estimate of drug-likeness (QED) is 0.613. The molecule has 0 bridgehead atoms. The van der Waals surface area contributed by atoms with Gasteiger partial charge in [0, 0.05) is 13.3 Å². The van der Waals surface area contributed by atoms with Crippen molar-refractivity contribution in [1.82, 2.24) is 0 Å². The Labute approximate surface area is 80.0 Å². The van der Waals surface area contributed by atoms with E-state index < -0.39 is 0 Å². The van der Waals surface area contributed by atoms with Crippen LogP contribution in [0.1, 0.15) is 46.5 Å². The van der Waals surface area contributed by atoms with E-state index >= 15 is 0 Å². The van der Waals surface area contributed by atoms with Crippen molar-refractivity contribution in [3.05, 3.63) is 11.8 Å². The van der Waals surface area contributed by atoms with Gasteiger partial charge in [0.05, 0.1) is 0 Å². The van der Waals surface area contributed by atoms with E-state index in [9.17, 15) is 4.79 Å². The third kappa shape index (κ3) is 2.87. The minimum Gasteiger partial charge on any atom is -0.432 e. The average molecular weight is 182 g/mol. The van der Waals surface area contributed by atoms with Gasteiger partial charge in [0.2, 0.25) is 0 Å². The Morgan fingerprint density at radius 3 is 2.92 bits per heavy atom. The van der Waals surface area contributed by atoms with Gasteiger partial charge in [-0.3, -0.25) is 4.79 Å². The third-order valence-electron chi connectivity index (χ3n) is 2.76. The molecule has 2 heteroatoms. The molecule has 0 saturated carbocycles. The Balaban J connectivity index is 2.69. The number of carbonyl (C=O) groups is 1. The lowest BCUT2D eigenvalue weighted by Gasteiger charge is -2.29. The minimum absolute atomic E-state index is 0.202. The highest BCUT2D eigenvalue weighted by Crippen LogP contribution is 2.36. The van der Waals surface area contributed by atoms with E-state index in [1.165, 1.54) is 13.3 Å². The molecule has 0 fully saturated rings. The summed E-state index contributed by atoms with van der Waals surface area (Å²) in [7, 11) is 0. The first kappa shape index (κ1) is 10.3. The molecule has 1 aliphatic carbocycles. The predicted molar refractivity (Wildman–Crippen MR) is 52.1 cm³/mol. The zero-order valence-corrected chi connectivity index (χ0v) is 8.72. The van der Waals surface area contributed by atoms with Crippen molar-refractivity contribution in [1.29, 1.82) is 0 Å². The normalized spacial score (nSPS) is 28.1. The lowest BCUT2D eigenvalue weighted by molar-refractivity contribution is -0.137. The topological polar surface area (TPSA) is 26.3 Å². The highest BCUT2D eigenvalue weighted by atomic mass is 16.5. The number of hydrogen-bond acceptors (Lipinski definition) is 2. The van der Waals surface area contributed by atoms with E-state index in [2.05, 4.69) is 19.9 Å². The SMILES string of the molecule is CC[C@@]1(C)C=C(OC(C)=O)CCC1. The molecule has 1 rings (SSSR count). The molecule has 13 heavy (non-hydrogen) atoms. The molecule has 0 unspecified atom stereocenters. The summed E-state index contributed by atoms with van der Waals surface area (Å²) in [5.74, 6) is 0.662. The van der Waals surface area contributed by atoms with Gasteiger partial charge in [-0.05, 0) is 30.8 Å². The largest absolute Gasteiger partial charge is 0.432 e. The van der Waals surface area contributed by atoms with Crippen molar-refractivity contribution < 1.29 is 9.53 Å². The summed E-state index contributed by atoms with van der Waals surface area (Å²) in [4.78, 5) is 10.7. The van der Waals surface area contributed by atoms with E-state index in [0.717, 1.165) is 25.0 Å². The van der Waals surface area contributed by atoms with Crippen molar-refractivity contribution in [2.45, 2.75) is 46.5 Å². The predicted octanol–water partition coefficient (Wildman–Crippen LogP) is 3.03. The number of ether oxygens (including phenoxy) is 1. The lowest BCUT2D eigenvalue weighted by Crippen LogP contribution is -2.18. The van der Waals surface area contributed by atoms with Crippen molar-refractivity contribution in [3.8, 4) is 0 Å². The Morgan fingerprint density at radius 1 is 1.69 bits per heavy atom. The Kier molecular flexibility index (Phi) is 3.12. The zero-order chi connectivity index (χ0) is 9.90. The van der Waals surface area contributed by atoms with Crippen LogP contribution in [0.3, 0.4) is 0 Å². The second-order valence-electron chi connectivity index (χ2n) is 4.07. The lowest BCUT2D eigenvalue weighted by atomic mass is 9.78. The summed E-state index contributed by atoms with van der Waals surface area (Å²) >= 11 is 0. The fourth-order valence-electron chi connectivity index (χ4n) is 1.74. The number of esters is 1. The Hall–Kier alpha value is -0.790. The molecule has 0 amide bonds. The van der Waals surface area contributed by atoms with Crippen LogP contribution in [0.2, 0.25) is 0 Å². The molecule has 0 radical (unpaired) electrons. The van der Waals surface area contributed by atoms with Crippen LogP contribution >= 0.6 is 0 Å². The third-order valence-corrected chi connectivity index (χ3v) is 2.76. The second kappa shape index (κ2) is 3.95. The highest BCUT2D eigenvalue weighted by Gasteiger charge is 2.24. The molecular weight excluding hydrogens is 164 g/mol. The van der Waals surface area contributed by atoms with Gasteiger partial charge >= 0.3 is 5.97 Å². The second-order valence-corrected chi connectivity index (χ2v) is 4.07. The van der Waals surface area contributed by atoms with Crippen molar-refractivity contribution in [2.75, 3.05) is 0 Å². The maximum atomic E-state index is 10.7. The van der Waals surface area contributed by atoms with Crippen molar-refractivity contribution in [2.24, 2.45) is 5.41 Å². The Bertz CT molecular complexity index is 230. The summed E-state index contributed by atoms with van der Waals surface area (Å²) in [5.41, 5.74) is 0.239. The molecule has 0 aromatic heterocycles. The molecular formula is C11H18O2. The molecule has 0 saturated heterocycles. The summed E-state index contributed by atoms with van der Waals surface area (Å²) < 4.78 is 5.11.